The maximum atomic E-state index is 6.07. The number of ether oxygens (including phenoxy) is 1. The molecule has 0 aliphatic carbocycles. The van der Waals surface area contributed by atoms with Crippen molar-refractivity contribution >= 4 is 17.4 Å². The fourth-order valence-electron chi connectivity index (χ4n) is 1.68. The Balaban J connectivity index is 2.31. The molecule has 0 fully saturated rings. The summed E-state index contributed by atoms with van der Waals surface area (Å²) < 4.78 is 5.74. The van der Waals surface area contributed by atoms with Crippen molar-refractivity contribution in [2.24, 2.45) is 5.84 Å². The van der Waals surface area contributed by atoms with Gasteiger partial charge in [-0.2, -0.15) is 0 Å². The Bertz CT molecular complexity index is 589. The predicted octanol–water partition coefficient (Wildman–Crippen LogP) is 3.08. The summed E-state index contributed by atoms with van der Waals surface area (Å²) in [6, 6.07) is 5.52. The largest absolute Gasteiger partial charge is 0.439 e. The molecule has 3 N–H and O–H groups in total. The molecule has 1 heterocycles. The first kappa shape index (κ1) is 13.6. The van der Waals surface area contributed by atoms with Crippen molar-refractivity contribution in [1.82, 2.24) is 9.97 Å². The fraction of sp³-hybridized carbons (Fsp3) is 0.231. The molecular formula is C13H15ClN4O. The molecule has 19 heavy (non-hydrogen) atoms. The highest BCUT2D eigenvalue weighted by Crippen LogP contribution is 2.28. The first-order valence-electron chi connectivity index (χ1n) is 5.90. The van der Waals surface area contributed by atoms with Crippen molar-refractivity contribution in [3.05, 3.63) is 40.7 Å². The first-order chi connectivity index (χ1) is 9.15. The Morgan fingerprint density at radius 2 is 2.16 bits per heavy atom. The minimum Gasteiger partial charge on any atom is -0.439 e. The summed E-state index contributed by atoms with van der Waals surface area (Å²) in [7, 11) is 0. The number of nitrogens with two attached hydrogens (primary N) is 1. The standard InChI is InChI=1S/C13H15ClN4O/c1-3-9-6-10(4-5-11(9)14)19-13-8(2)12(18-15)16-7-17-13/h4-7H,3,15H2,1-2H3,(H,16,17,18). The predicted molar refractivity (Wildman–Crippen MR) is 75.5 cm³/mol. The van der Waals surface area contributed by atoms with Gasteiger partial charge in [0.2, 0.25) is 5.88 Å². The normalized spacial score (nSPS) is 10.3. The van der Waals surface area contributed by atoms with Gasteiger partial charge in [0.15, 0.2) is 0 Å². The molecule has 0 atom stereocenters. The summed E-state index contributed by atoms with van der Waals surface area (Å²) in [5.74, 6) is 7.05. The van der Waals surface area contributed by atoms with Crippen molar-refractivity contribution in [1.29, 1.82) is 0 Å². The van der Waals surface area contributed by atoms with Crippen LogP contribution in [0.4, 0.5) is 5.82 Å². The van der Waals surface area contributed by atoms with E-state index in [2.05, 4.69) is 15.4 Å². The smallest absolute Gasteiger partial charge is 0.227 e. The minimum absolute atomic E-state index is 0.465. The number of anilines is 1. The Morgan fingerprint density at radius 1 is 1.37 bits per heavy atom. The number of hydrogen-bond acceptors (Lipinski definition) is 5. The minimum atomic E-state index is 0.465. The average Bonchev–Trinajstić information content (AvgIpc) is 2.43. The number of hydrogen-bond donors (Lipinski definition) is 2. The van der Waals surface area contributed by atoms with E-state index in [1.807, 2.05) is 26.0 Å². The summed E-state index contributed by atoms with van der Waals surface area (Å²) in [5, 5.41) is 0.735. The number of aromatic nitrogens is 2. The van der Waals surface area contributed by atoms with Gasteiger partial charge in [0.05, 0.1) is 5.56 Å². The van der Waals surface area contributed by atoms with E-state index in [1.54, 1.807) is 6.07 Å². The van der Waals surface area contributed by atoms with Crippen molar-refractivity contribution in [3.63, 3.8) is 0 Å². The molecule has 0 bridgehead atoms. The Kier molecular flexibility index (Phi) is 4.19. The van der Waals surface area contributed by atoms with Crippen LogP contribution in [0.5, 0.6) is 11.6 Å². The zero-order valence-electron chi connectivity index (χ0n) is 10.8. The van der Waals surface area contributed by atoms with E-state index < -0.39 is 0 Å². The number of nitrogens with one attached hydrogen (secondary N) is 1. The van der Waals surface area contributed by atoms with Crippen LogP contribution in [0.25, 0.3) is 0 Å². The van der Waals surface area contributed by atoms with Crippen LogP contribution in [-0.2, 0) is 6.42 Å². The fourth-order valence-corrected chi connectivity index (χ4v) is 1.93. The first-order valence-corrected chi connectivity index (χ1v) is 6.28. The number of benzene rings is 1. The van der Waals surface area contributed by atoms with Crippen molar-refractivity contribution in [2.75, 3.05) is 5.43 Å². The maximum Gasteiger partial charge on any atom is 0.227 e. The third-order valence-electron chi connectivity index (χ3n) is 2.79. The zero-order valence-corrected chi connectivity index (χ0v) is 11.5. The Labute approximate surface area is 116 Å². The van der Waals surface area contributed by atoms with Crippen LogP contribution in [0.3, 0.4) is 0 Å². The van der Waals surface area contributed by atoms with E-state index in [1.165, 1.54) is 6.33 Å². The van der Waals surface area contributed by atoms with Crippen LogP contribution in [0.15, 0.2) is 24.5 Å². The molecule has 0 aliphatic rings. The van der Waals surface area contributed by atoms with Crippen LogP contribution < -0.4 is 16.0 Å². The number of halogens is 1. The summed E-state index contributed by atoms with van der Waals surface area (Å²) >= 11 is 6.07. The molecule has 2 rings (SSSR count). The van der Waals surface area contributed by atoms with Crippen molar-refractivity contribution in [2.45, 2.75) is 20.3 Å². The highest BCUT2D eigenvalue weighted by Gasteiger charge is 2.09. The van der Waals surface area contributed by atoms with E-state index >= 15 is 0 Å². The second-order valence-corrected chi connectivity index (χ2v) is 4.41. The van der Waals surface area contributed by atoms with Gasteiger partial charge >= 0.3 is 0 Å². The summed E-state index contributed by atoms with van der Waals surface area (Å²) in [6.45, 7) is 3.87. The summed E-state index contributed by atoms with van der Waals surface area (Å²) in [6.07, 6.45) is 2.24. The van der Waals surface area contributed by atoms with Gasteiger partial charge < -0.3 is 10.2 Å². The zero-order chi connectivity index (χ0) is 13.8. The monoisotopic (exact) mass is 278 g/mol. The van der Waals surface area contributed by atoms with Gasteiger partial charge in [-0.3, -0.25) is 0 Å². The van der Waals surface area contributed by atoms with E-state index in [4.69, 9.17) is 22.2 Å². The molecule has 0 aliphatic heterocycles. The Morgan fingerprint density at radius 3 is 2.84 bits per heavy atom. The van der Waals surface area contributed by atoms with Crippen LogP contribution in [-0.4, -0.2) is 9.97 Å². The second kappa shape index (κ2) is 5.86. The lowest BCUT2D eigenvalue weighted by Crippen LogP contribution is -2.11. The number of rotatable bonds is 4. The SMILES string of the molecule is CCc1cc(Oc2ncnc(NN)c2C)ccc1Cl. The molecular weight excluding hydrogens is 264 g/mol. The number of nitrogens with zero attached hydrogens (tertiary/aromatic N) is 2. The van der Waals surface area contributed by atoms with Gasteiger partial charge in [-0.1, -0.05) is 18.5 Å². The summed E-state index contributed by atoms with van der Waals surface area (Å²) in [4.78, 5) is 8.10. The molecule has 100 valence electrons. The van der Waals surface area contributed by atoms with E-state index in [-0.39, 0.29) is 0 Å². The molecule has 0 unspecified atom stereocenters. The second-order valence-electron chi connectivity index (χ2n) is 4.01. The maximum absolute atomic E-state index is 6.07. The number of hydrazine groups is 1. The molecule has 0 radical (unpaired) electrons. The van der Waals surface area contributed by atoms with Gasteiger partial charge in [0.1, 0.15) is 17.9 Å². The van der Waals surface area contributed by atoms with Gasteiger partial charge in [-0.15, -0.1) is 0 Å². The molecule has 0 amide bonds. The van der Waals surface area contributed by atoms with Crippen LogP contribution in [0, 0.1) is 6.92 Å². The van der Waals surface area contributed by atoms with Gasteiger partial charge in [-0.25, -0.2) is 15.8 Å². The third kappa shape index (κ3) is 2.94. The molecule has 1 aromatic heterocycles. The van der Waals surface area contributed by atoms with E-state index in [0.29, 0.717) is 17.4 Å². The van der Waals surface area contributed by atoms with Gasteiger partial charge in [0.25, 0.3) is 0 Å². The average molecular weight is 279 g/mol. The molecule has 6 heteroatoms. The van der Waals surface area contributed by atoms with Gasteiger partial charge in [-0.05, 0) is 37.1 Å². The number of nitrogen functional groups attached to an aromatic ring is 1. The Hall–Kier alpha value is -1.85. The van der Waals surface area contributed by atoms with Crippen molar-refractivity contribution < 1.29 is 4.74 Å². The van der Waals surface area contributed by atoms with E-state index in [9.17, 15) is 0 Å². The van der Waals surface area contributed by atoms with Gasteiger partial charge in [0, 0.05) is 5.02 Å². The van der Waals surface area contributed by atoms with Crippen LogP contribution >= 0.6 is 11.6 Å². The molecule has 0 saturated heterocycles. The quantitative estimate of drug-likeness (QED) is 0.664. The van der Waals surface area contributed by atoms with Crippen molar-refractivity contribution in [3.8, 4) is 11.6 Å². The number of aryl methyl sites for hydroxylation is 1. The highest BCUT2D eigenvalue weighted by molar-refractivity contribution is 6.31. The lowest BCUT2D eigenvalue weighted by molar-refractivity contribution is 0.457. The topological polar surface area (TPSA) is 73.1 Å². The molecule has 0 saturated carbocycles. The molecule has 1 aromatic carbocycles. The van der Waals surface area contributed by atoms with Crippen LogP contribution in [0.1, 0.15) is 18.1 Å². The molecule has 5 nitrogen and oxygen atoms in total. The molecule has 0 spiro atoms. The lowest BCUT2D eigenvalue weighted by Gasteiger charge is -2.11. The van der Waals surface area contributed by atoms with E-state index in [0.717, 1.165) is 22.6 Å². The third-order valence-corrected chi connectivity index (χ3v) is 3.16. The van der Waals surface area contributed by atoms with Crippen LogP contribution in [0.2, 0.25) is 5.02 Å². The highest BCUT2D eigenvalue weighted by atomic mass is 35.5. The summed E-state index contributed by atoms with van der Waals surface area (Å²) in [5.41, 5.74) is 4.28. The molecule has 2 aromatic rings. The lowest BCUT2D eigenvalue weighted by atomic mass is 10.1.